The number of ether oxygens (including phenoxy) is 1. The number of hydrogen-bond donors (Lipinski definition) is 2. The summed E-state index contributed by atoms with van der Waals surface area (Å²) in [6.45, 7) is 2.93. The fourth-order valence-electron chi connectivity index (χ4n) is 1.76. The molecule has 0 aromatic heterocycles. The van der Waals surface area contributed by atoms with E-state index in [-0.39, 0.29) is 12.6 Å². The van der Waals surface area contributed by atoms with Crippen molar-refractivity contribution in [2.45, 2.75) is 38.6 Å². The first-order chi connectivity index (χ1) is 8.65. The van der Waals surface area contributed by atoms with E-state index in [2.05, 4.69) is 15.9 Å². The minimum absolute atomic E-state index is 0.0255. The van der Waals surface area contributed by atoms with Gasteiger partial charge in [-0.25, -0.2) is 0 Å². The molecule has 0 aliphatic heterocycles. The summed E-state index contributed by atoms with van der Waals surface area (Å²) < 4.78 is 6.79. The van der Waals surface area contributed by atoms with Crippen LogP contribution in [0.15, 0.2) is 22.7 Å². The van der Waals surface area contributed by atoms with Gasteiger partial charge in [-0.1, -0.05) is 28.4 Å². The molecule has 4 heteroatoms. The van der Waals surface area contributed by atoms with E-state index >= 15 is 0 Å². The predicted molar refractivity (Wildman–Crippen MR) is 77.8 cm³/mol. The van der Waals surface area contributed by atoms with E-state index in [0.29, 0.717) is 6.61 Å². The van der Waals surface area contributed by atoms with Gasteiger partial charge in [0.25, 0.3) is 0 Å². The van der Waals surface area contributed by atoms with Gasteiger partial charge in [0, 0.05) is 22.7 Å². The molecule has 0 fully saturated rings. The Kier molecular flexibility index (Phi) is 7.32. The third kappa shape index (κ3) is 5.38. The Labute approximate surface area is 117 Å². The summed E-state index contributed by atoms with van der Waals surface area (Å²) in [4.78, 5) is 0. The molecule has 3 nitrogen and oxygen atoms in total. The molecule has 0 saturated heterocycles. The van der Waals surface area contributed by atoms with Crippen molar-refractivity contribution in [2.75, 3.05) is 13.2 Å². The second-order valence-electron chi connectivity index (χ2n) is 4.46. The van der Waals surface area contributed by atoms with Crippen LogP contribution >= 0.6 is 15.9 Å². The molecule has 18 heavy (non-hydrogen) atoms. The first-order valence-corrected chi connectivity index (χ1v) is 7.23. The van der Waals surface area contributed by atoms with Crippen LogP contribution in [0.1, 0.15) is 44.2 Å². The zero-order valence-corrected chi connectivity index (χ0v) is 12.4. The lowest BCUT2D eigenvalue weighted by Crippen LogP contribution is -2.08. The van der Waals surface area contributed by atoms with Gasteiger partial charge in [-0.15, -0.1) is 0 Å². The fourth-order valence-corrected chi connectivity index (χ4v) is 2.10. The molecule has 1 atom stereocenters. The number of aliphatic hydroxyl groups excluding tert-OH is 1. The summed E-state index contributed by atoms with van der Waals surface area (Å²) >= 11 is 3.44. The van der Waals surface area contributed by atoms with Crippen molar-refractivity contribution in [1.29, 1.82) is 0 Å². The maximum atomic E-state index is 8.68. The molecule has 0 aliphatic rings. The van der Waals surface area contributed by atoms with Gasteiger partial charge in [0.2, 0.25) is 0 Å². The van der Waals surface area contributed by atoms with Crippen molar-refractivity contribution < 1.29 is 9.84 Å². The molecule has 1 aromatic carbocycles. The maximum Gasteiger partial charge on any atom is 0.125 e. The number of halogens is 1. The normalized spacial score (nSPS) is 12.4. The highest BCUT2D eigenvalue weighted by molar-refractivity contribution is 9.10. The van der Waals surface area contributed by atoms with Gasteiger partial charge in [0.1, 0.15) is 5.75 Å². The van der Waals surface area contributed by atoms with Crippen LogP contribution in [0.3, 0.4) is 0 Å². The lowest BCUT2D eigenvalue weighted by atomic mass is 10.1. The Morgan fingerprint density at radius 2 is 2.00 bits per heavy atom. The maximum absolute atomic E-state index is 8.68. The van der Waals surface area contributed by atoms with Crippen molar-refractivity contribution in [2.24, 2.45) is 5.73 Å². The van der Waals surface area contributed by atoms with Gasteiger partial charge >= 0.3 is 0 Å². The third-order valence-electron chi connectivity index (χ3n) is 2.78. The van der Waals surface area contributed by atoms with Gasteiger partial charge in [-0.2, -0.15) is 0 Å². The van der Waals surface area contributed by atoms with Gasteiger partial charge in [0.15, 0.2) is 0 Å². The molecule has 1 unspecified atom stereocenters. The van der Waals surface area contributed by atoms with Gasteiger partial charge in [0.05, 0.1) is 6.61 Å². The van der Waals surface area contributed by atoms with E-state index in [1.807, 2.05) is 25.1 Å². The van der Waals surface area contributed by atoms with Crippen LogP contribution in [-0.4, -0.2) is 18.3 Å². The molecule has 0 spiro atoms. The Morgan fingerprint density at radius 1 is 1.28 bits per heavy atom. The van der Waals surface area contributed by atoms with Crippen LogP contribution in [-0.2, 0) is 0 Å². The topological polar surface area (TPSA) is 55.5 Å². The average molecular weight is 316 g/mol. The standard InChI is InChI=1S/C14H22BrNO2/c1-11(16)13-7-6-12(15)10-14(13)18-9-5-3-2-4-8-17/h6-7,10-11,17H,2-5,8-9,16H2,1H3. The first kappa shape index (κ1) is 15.5. The lowest BCUT2D eigenvalue weighted by Gasteiger charge is -2.14. The second kappa shape index (κ2) is 8.51. The van der Waals surface area contributed by atoms with Crippen LogP contribution in [0.25, 0.3) is 0 Å². The zero-order chi connectivity index (χ0) is 13.4. The number of rotatable bonds is 8. The molecular weight excluding hydrogens is 294 g/mol. The van der Waals surface area contributed by atoms with Crippen LogP contribution in [0.5, 0.6) is 5.75 Å². The van der Waals surface area contributed by atoms with Gasteiger partial charge < -0.3 is 15.6 Å². The van der Waals surface area contributed by atoms with Crippen LogP contribution < -0.4 is 10.5 Å². The molecule has 1 aromatic rings. The molecule has 0 amide bonds. The molecule has 1 rings (SSSR count). The molecule has 0 heterocycles. The van der Waals surface area contributed by atoms with E-state index < -0.39 is 0 Å². The molecular formula is C14H22BrNO2. The Morgan fingerprint density at radius 3 is 2.67 bits per heavy atom. The summed E-state index contributed by atoms with van der Waals surface area (Å²) in [7, 11) is 0. The Hall–Kier alpha value is -0.580. The van der Waals surface area contributed by atoms with Crippen molar-refractivity contribution in [3.63, 3.8) is 0 Å². The third-order valence-corrected chi connectivity index (χ3v) is 3.27. The summed E-state index contributed by atoms with van der Waals surface area (Å²) in [6, 6.07) is 5.91. The smallest absolute Gasteiger partial charge is 0.125 e. The van der Waals surface area contributed by atoms with Crippen LogP contribution in [0, 0.1) is 0 Å². The van der Waals surface area contributed by atoms with Crippen LogP contribution in [0.2, 0.25) is 0 Å². The summed E-state index contributed by atoms with van der Waals surface area (Å²) in [5.41, 5.74) is 6.95. The molecule has 0 saturated carbocycles. The largest absolute Gasteiger partial charge is 0.493 e. The number of aliphatic hydroxyl groups is 1. The van der Waals surface area contributed by atoms with E-state index in [4.69, 9.17) is 15.6 Å². The molecule has 102 valence electrons. The SMILES string of the molecule is CC(N)c1ccc(Br)cc1OCCCCCCO. The van der Waals surface area contributed by atoms with Crippen molar-refractivity contribution >= 4 is 15.9 Å². The van der Waals surface area contributed by atoms with E-state index in [9.17, 15) is 0 Å². The summed E-state index contributed by atoms with van der Waals surface area (Å²) in [5.74, 6) is 0.863. The quantitative estimate of drug-likeness (QED) is 0.723. The minimum Gasteiger partial charge on any atom is -0.493 e. The summed E-state index contributed by atoms with van der Waals surface area (Å²) in [6.07, 6.45) is 4.02. The molecule has 3 N–H and O–H groups in total. The number of unbranched alkanes of at least 4 members (excludes halogenated alkanes) is 3. The van der Waals surface area contributed by atoms with Crippen molar-refractivity contribution in [3.05, 3.63) is 28.2 Å². The molecule has 0 bridgehead atoms. The van der Waals surface area contributed by atoms with Crippen molar-refractivity contribution in [1.82, 2.24) is 0 Å². The Bertz CT molecular complexity index is 356. The van der Waals surface area contributed by atoms with Gasteiger partial charge in [-0.3, -0.25) is 0 Å². The minimum atomic E-state index is -0.0255. The highest BCUT2D eigenvalue weighted by Crippen LogP contribution is 2.27. The van der Waals surface area contributed by atoms with E-state index in [0.717, 1.165) is 41.5 Å². The Balaban J connectivity index is 2.43. The zero-order valence-electron chi connectivity index (χ0n) is 10.9. The number of nitrogens with two attached hydrogens (primary N) is 1. The highest BCUT2D eigenvalue weighted by atomic mass is 79.9. The second-order valence-corrected chi connectivity index (χ2v) is 5.37. The molecule has 0 radical (unpaired) electrons. The van der Waals surface area contributed by atoms with E-state index in [1.165, 1.54) is 0 Å². The predicted octanol–water partition coefficient (Wildman–Crippen LogP) is 3.40. The highest BCUT2D eigenvalue weighted by Gasteiger charge is 2.08. The average Bonchev–Trinajstić information content (AvgIpc) is 2.33. The monoisotopic (exact) mass is 315 g/mol. The van der Waals surface area contributed by atoms with Crippen LogP contribution in [0.4, 0.5) is 0 Å². The van der Waals surface area contributed by atoms with E-state index in [1.54, 1.807) is 0 Å². The van der Waals surface area contributed by atoms with Crippen molar-refractivity contribution in [3.8, 4) is 5.75 Å². The lowest BCUT2D eigenvalue weighted by molar-refractivity contribution is 0.272. The summed E-state index contributed by atoms with van der Waals surface area (Å²) in [5, 5.41) is 8.68. The number of hydrogen-bond acceptors (Lipinski definition) is 3. The molecule has 0 aliphatic carbocycles. The fraction of sp³-hybridized carbons (Fsp3) is 0.571. The first-order valence-electron chi connectivity index (χ1n) is 6.44. The van der Waals surface area contributed by atoms with Gasteiger partial charge in [-0.05, 0) is 38.3 Å². The number of benzene rings is 1.